The summed E-state index contributed by atoms with van der Waals surface area (Å²) in [7, 11) is 0. The summed E-state index contributed by atoms with van der Waals surface area (Å²) in [5.41, 5.74) is 2.38. The molecule has 0 aromatic heterocycles. The van der Waals surface area contributed by atoms with Crippen molar-refractivity contribution in [1.29, 1.82) is 0 Å². The number of ketones is 1. The van der Waals surface area contributed by atoms with Gasteiger partial charge in [0.25, 0.3) is 0 Å². The Hall–Kier alpha value is -3.27. The van der Waals surface area contributed by atoms with E-state index in [1.54, 1.807) is 42.5 Å². The first-order valence-electron chi connectivity index (χ1n) is 10.7. The quantitative estimate of drug-likeness (QED) is 0.200. The van der Waals surface area contributed by atoms with Gasteiger partial charge in [0.15, 0.2) is 5.78 Å². The molecule has 0 aliphatic heterocycles. The summed E-state index contributed by atoms with van der Waals surface area (Å²) in [6.07, 6.45) is 9.32. The maximum Gasteiger partial charge on any atom is 0.185 e. The van der Waals surface area contributed by atoms with Crippen molar-refractivity contribution in [2.75, 3.05) is 19.8 Å². The van der Waals surface area contributed by atoms with E-state index in [0.717, 1.165) is 29.7 Å². The number of benzene rings is 2. The van der Waals surface area contributed by atoms with Gasteiger partial charge in [0, 0.05) is 5.56 Å². The zero-order valence-electron chi connectivity index (χ0n) is 18.6. The van der Waals surface area contributed by atoms with E-state index in [0.29, 0.717) is 43.3 Å². The highest BCUT2D eigenvalue weighted by molar-refractivity contribution is 6.07. The van der Waals surface area contributed by atoms with Gasteiger partial charge >= 0.3 is 0 Å². The van der Waals surface area contributed by atoms with Crippen LogP contribution in [0.4, 0.5) is 0 Å². The van der Waals surface area contributed by atoms with Crippen molar-refractivity contribution in [3.63, 3.8) is 0 Å². The molecule has 0 aliphatic carbocycles. The Morgan fingerprint density at radius 1 is 0.903 bits per heavy atom. The summed E-state index contributed by atoms with van der Waals surface area (Å²) in [6, 6.07) is 11.0. The summed E-state index contributed by atoms with van der Waals surface area (Å²) in [6.45, 7) is 13.2. The Morgan fingerprint density at radius 3 is 2.26 bits per heavy atom. The normalized spacial score (nSPS) is 10.6. The number of hydrogen-bond acceptors (Lipinski definition) is 4. The van der Waals surface area contributed by atoms with E-state index in [1.807, 2.05) is 18.2 Å². The highest BCUT2D eigenvalue weighted by Gasteiger charge is 2.14. The van der Waals surface area contributed by atoms with Crippen molar-refractivity contribution in [1.82, 2.24) is 0 Å². The van der Waals surface area contributed by atoms with Crippen LogP contribution < -0.4 is 14.2 Å². The van der Waals surface area contributed by atoms with Crippen LogP contribution in [0.3, 0.4) is 0 Å². The summed E-state index contributed by atoms with van der Waals surface area (Å²) in [5.74, 6) is 2.04. The monoisotopic (exact) mass is 420 g/mol. The molecular formula is C27H32O4. The number of carbonyl (C=O) groups is 1. The predicted octanol–water partition coefficient (Wildman–Crippen LogP) is 6.45. The summed E-state index contributed by atoms with van der Waals surface area (Å²) < 4.78 is 17.5. The van der Waals surface area contributed by atoms with Gasteiger partial charge in [-0.2, -0.15) is 0 Å². The second-order valence-corrected chi connectivity index (χ2v) is 6.98. The smallest absolute Gasteiger partial charge is 0.185 e. The van der Waals surface area contributed by atoms with Crippen LogP contribution in [0.1, 0.15) is 48.2 Å². The second-order valence-electron chi connectivity index (χ2n) is 6.98. The fourth-order valence-corrected chi connectivity index (χ4v) is 2.94. The first kappa shape index (κ1) is 24.0. The lowest BCUT2D eigenvalue weighted by molar-refractivity contribution is 0.104. The van der Waals surface area contributed by atoms with Gasteiger partial charge in [0.2, 0.25) is 0 Å². The summed E-state index contributed by atoms with van der Waals surface area (Å²) in [5, 5.41) is 0. The average Bonchev–Trinajstić information content (AvgIpc) is 2.80. The lowest BCUT2D eigenvalue weighted by atomic mass is 10.0. The van der Waals surface area contributed by atoms with Crippen LogP contribution in [0, 0.1) is 0 Å². The third-order valence-electron chi connectivity index (χ3n) is 4.42. The Labute approximate surface area is 185 Å². The van der Waals surface area contributed by atoms with Crippen LogP contribution in [-0.2, 0) is 6.42 Å². The van der Waals surface area contributed by atoms with E-state index in [9.17, 15) is 4.79 Å². The molecule has 0 heterocycles. The standard InChI is InChI=1S/C27H32O4/c1-5-9-22-12-17-26(30-19-7-3)24(27(22)31-20-8-4)15-16-25(28)21-10-13-23(14-11-21)29-18-6-2/h5-6,10-17H,1-2,7-9,18-20H2,3-4H3. The molecule has 0 N–H and O–H groups in total. The SMILES string of the molecule is C=CCOc1ccc(C(=O)C=Cc2c(OCCC)ccc(CC=C)c2OCCC)cc1. The van der Waals surface area contributed by atoms with Crippen LogP contribution in [0.2, 0.25) is 0 Å². The lowest BCUT2D eigenvalue weighted by Gasteiger charge is -2.17. The number of hydrogen-bond donors (Lipinski definition) is 0. The van der Waals surface area contributed by atoms with E-state index in [2.05, 4.69) is 27.0 Å². The van der Waals surface area contributed by atoms with Gasteiger partial charge in [-0.15, -0.1) is 6.58 Å². The molecule has 0 unspecified atom stereocenters. The van der Waals surface area contributed by atoms with E-state index in [-0.39, 0.29) is 5.78 Å². The molecule has 4 heteroatoms. The Balaban J connectivity index is 2.35. The molecular weight excluding hydrogens is 388 g/mol. The lowest BCUT2D eigenvalue weighted by Crippen LogP contribution is -2.04. The minimum Gasteiger partial charge on any atom is -0.493 e. The molecule has 0 saturated carbocycles. The Kier molecular flexibility index (Phi) is 10.2. The Morgan fingerprint density at radius 2 is 1.61 bits per heavy atom. The molecule has 31 heavy (non-hydrogen) atoms. The fourth-order valence-electron chi connectivity index (χ4n) is 2.94. The van der Waals surface area contributed by atoms with Gasteiger partial charge in [-0.1, -0.05) is 38.6 Å². The van der Waals surface area contributed by atoms with Crippen LogP contribution in [0.15, 0.2) is 67.8 Å². The van der Waals surface area contributed by atoms with Crippen LogP contribution >= 0.6 is 0 Å². The van der Waals surface area contributed by atoms with Gasteiger partial charge in [0.05, 0.1) is 18.8 Å². The molecule has 2 aromatic rings. The number of carbonyl (C=O) groups excluding carboxylic acids is 1. The zero-order chi connectivity index (χ0) is 22.5. The maximum absolute atomic E-state index is 12.8. The van der Waals surface area contributed by atoms with Crippen molar-refractivity contribution in [3.05, 3.63) is 84.5 Å². The number of ether oxygens (including phenoxy) is 3. The largest absolute Gasteiger partial charge is 0.493 e. The first-order chi connectivity index (χ1) is 15.1. The van der Waals surface area contributed by atoms with Crippen molar-refractivity contribution < 1.29 is 19.0 Å². The summed E-state index contributed by atoms with van der Waals surface area (Å²) in [4.78, 5) is 12.8. The van der Waals surface area contributed by atoms with Crippen LogP contribution in [0.5, 0.6) is 17.2 Å². The molecule has 0 radical (unpaired) electrons. The first-order valence-corrected chi connectivity index (χ1v) is 10.7. The molecule has 2 aromatic carbocycles. The van der Waals surface area contributed by atoms with E-state index in [4.69, 9.17) is 14.2 Å². The van der Waals surface area contributed by atoms with Crippen molar-refractivity contribution in [2.24, 2.45) is 0 Å². The van der Waals surface area contributed by atoms with E-state index >= 15 is 0 Å². The number of rotatable bonds is 14. The van der Waals surface area contributed by atoms with Gasteiger partial charge in [-0.3, -0.25) is 4.79 Å². The molecule has 2 rings (SSSR count). The van der Waals surface area contributed by atoms with Crippen molar-refractivity contribution in [3.8, 4) is 17.2 Å². The topological polar surface area (TPSA) is 44.8 Å². The predicted molar refractivity (Wildman–Crippen MR) is 127 cm³/mol. The molecule has 0 saturated heterocycles. The van der Waals surface area contributed by atoms with Gasteiger partial charge in [-0.05, 0) is 67.3 Å². The second kappa shape index (κ2) is 13.1. The maximum atomic E-state index is 12.8. The molecule has 164 valence electrons. The molecule has 0 amide bonds. The minimum atomic E-state index is -0.104. The molecule has 0 aliphatic rings. The number of allylic oxidation sites excluding steroid dienone is 2. The van der Waals surface area contributed by atoms with Crippen molar-refractivity contribution >= 4 is 11.9 Å². The van der Waals surface area contributed by atoms with Gasteiger partial charge in [0.1, 0.15) is 23.9 Å². The zero-order valence-corrected chi connectivity index (χ0v) is 18.6. The highest BCUT2D eigenvalue weighted by Crippen LogP contribution is 2.35. The summed E-state index contributed by atoms with van der Waals surface area (Å²) >= 11 is 0. The average molecular weight is 421 g/mol. The van der Waals surface area contributed by atoms with Crippen molar-refractivity contribution in [2.45, 2.75) is 33.1 Å². The van der Waals surface area contributed by atoms with Crippen LogP contribution in [-0.4, -0.2) is 25.6 Å². The Bertz CT molecular complexity index is 894. The third-order valence-corrected chi connectivity index (χ3v) is 4.42. The molecule has 0 spiro atoms. The van der Waals surface area contributed by atoms with Gasteiger partial charge < -0.3 is 14.2 Å². The molecule has 0 fully saturated rings. The third kappa shape index (κ3) is 7.18. The fraction of sp³-hybridized carbons (Fsp3) is 0.296. The minimum absolute atomic E-state index is 0.104. The molecule has 4 nitrogen and oxygen atoms in total. The molecule has 0 bridgehead atoms. The highest BCUT2D eigenvalue weighted by atomic mass is 16.5. The van der Waals surface area contributed by atoms with Gasteiger partial charge in [-0.25, -0.2) is 0 Å². The molecule has 0 atom stereocenters. The van der Waals surface area contributed by atoms with E-state index in [1.165, 1.54) is 0 Å². The van der Waals surface area contributed by atoms with Crippen LogP contribution in [0.25, 0.3) is 6.08 Å². The van der Waals surface area contributed by atoms with E-state index < -0.39 is 0 Å².